The van der Waals surface area contributed by atoms with Gasteiger partial charge in [-0.2, -0.15) is 0 Å². The second-order valence-electron chi connectivity index (χ2n) is 6.85. The first-order chi connectivity index (χ1) is 13.6. The van der Waals surface area contributed by atoms with Gasteiger partial charge in [-0.3, -0.25) is 9.59 Å². The summed E-state index contributed by atoms with van der Waals surface area (Å²) in [6, 6.07) is 19.2. The molecule has 2 amide bonds. The first-order valence-corrected chi connectivity index (χ1v) is 10.3. The third kappa shape index (κ3) is 4.17. The highest BCUT2D eigenvalue weighted by Gasteiger charge is 2.25. The topological polar surface area (TPSA) is 62.3 Å². The molecule has 0 radical (unpaired) electrons. The fourth-order valence-electron chi connectivity index (χ4n) is 2.93. The number of nitrogens with one attached hydrogen (secondary N) is 1. The predicted molar refractivity (Wildman–Crippen MR) is 113 cm³/mol. The number of hydrogen-bond acceptors (Lipinski definition) is 4. The van der Waals surface area contributed by atoms with Crippen molar-refractivity contribution < 1.29 is 9.59 Å². The van der Waals surface area contributed by atoms with Crippen molar-refractivity contribution in [1.29, 1.82) is 0 Å². The highest BCUT2D eigenvalue weighted by molar-refractivity contribution is 7.99. The predicted octanol–water partition coefficient (Wildman–Crippen LogP) is 3.88. The molecule has 0 spiro atoms. The molecular formula is C22H21N3O2S. The zero-order valence-corrected chi connectivity index (χ0v) is 16.4. The minimum absolute atomic E-state index is 0.0184. The van der Waals surface area contributed by atoms with Crippen LogP contribution in [0.25, 0.3) is 10.9 Å². The van der Waals surface area contributed by atoms with E-state index in [9.17, 15) is 9.59 Å². The molecule has 0 unspecified atom stereocenters. The lowest BCUT2D eigenvalue weighted by Crippen LogP contribution is -2.28. The van der Waals surface area contributed by atoms with Crippen LogP contribution in [0, 0.1) is 0 Å². The number of aromatic nitrogens is 1. The van der Waals surface area contributed by atoms with Crippen molar-refractivity contribution >= 4 is 40.2 Å². The van der Waals surface area contributed by atoms with E-state index in [0.29, 0.717) is 10.6 Å². The van der Waals surface area contributed by atoms with Crippen LogP contribution in [0.4, 0.5) is 5.69 Å². The number of amides is 2. The summed E-state index contributed by atoms with van der Waals surface area (Å²) in [7, 11) is 1.76. The molecule has 1 saturated carbocycles. The lowest BCUT2D eigenvalue weighted by atomic mass is 10.1. The van der Waals surface area contributed by atoms with Crippen LogP contribution in [0.2, 0.25) is 0 Å². The Labute approximate surface area is 168 Å². The van der Waals surface area contributed by atoms with Crippen molar-refractivity contribution in [2.45, 2.75) is 23.9 Å². The molecule has 5 nitrogen and oxygen atoms in total. The largest absolute Gasteiger partial charge is 0.349 e. The number of carbonyl (C=O) groups excluding carboxylic acids is 2. The molecule has 2 aromatic carbocycles. The second-order valence-corrected chi connectivity index (χ2v) is 7.85. The second kappa shape index (κ2) is 8.02. The van der Waals surface area contributed by atoms with Gasteiger partial charge < -0.3 is 10.2 Å². The number of hydrogen-bond donors (Lipinski definition) is 1. The third-order valence-corrected chi connectivity index (χ3v) is 5.61. The third-order valence-electron chi connectivity index (χ3n) is 4.71. The van der Waals surface area contributed by atoms with Crippen molar-refractivity contribution in [2.24, 2.45) is 0 Å². The van der Waals surface area contributed by atoms with E-state index in [1.165, 1.54) is 11.8 Å². The van der Waals surface area contributed by atoms with Crippen LogP contribution >= 0.6 is 11.8 Å². The molecule has 1 aliphatic rings. The van der Waals surface area contributed by atoms with Crippen molar-refractivity contribution in [3.8, 4) is 0 Å². The molecule has 0 atom stereocenters. The first-order valence-electron chi connectivity index (χ1n) is 9.27. The Bertz CT molecular complexity index is 1020. The van der Waals surface area contributed by atoms with Gasteiger partial charge in [0.25, 0.3) is 5.91 Å². The molecule has 0 aliphatic heterocycles. The van der Waals surface area contributed by atoms with Gasteiger partial charge in [0, 0.05) is 24.2 Å². The Morgan fingerprint density at radius 1 is 1.11 bits per heavy atom. The Hall–Kier alpha value is -2.86. The average Bonchev–Trinajstić information content (AvgIpc) is 3.55. The summed E-state index contributed by atoms with van der Waals surface area (Å²) in [5, 5.41) is 4.55. The molecular weight excluding hydrogens is 370 g/mol. The van der Waals surface area contributed by atoms with Crippen molar-refractivity contribution in [3.63, 3.8) is 0 Å². The molecule has 28 heavy (non-hydrogen) atoms. The van der Waals surface area contributed by atoms with Gasteiger partial charge in [-0.05, 0) is 37.1 Å². The van der Waals surface area contributed by atoms with Gasteiger partial charge in [-0.15, -0.1) is 0 Å². The maximum absolute atomic E-state index is 12.7. The highest BCUT2D eigenvalue weighted by atomic mass is 32.2. The Kier molecular flexibility index (Phi) is 5.30. The summed E-state index contributed by atoms with van der Waals surface area (Å²) in [5.41, 5.74) is 2.23. The fraction of sp³-hybridized carbons (Fsp3) is 0.227. The lowest BCUT2D eigenvalue weighted by Gasteiger charge is -2.17. The first kappa shape index (κ1) is 18.5. The molecule has 1 N–H and O–H groups in total. The summed E-state index contributed by atoms with van der Waals surface area (Å²) in [6.07, 6.45) is 2.08. The van der Waals surface area contributed by atoms with Crippen LogP contribution in [0.1, 0.15) is 23.2 Å². The molecule has 0 saturated heterocycles. The number of anilines is 1. The highest BCUT2D eigenvalue weighted by Crippen LogP contribution is 2.26. The monoisotopic (exact) mass is 391 g/mol. The molecule has 1 aromatic heterocycles. The maximum Gasteiger partial charge on any atom is 0.252 e. The number of fused-ring (bicyclic) bond motifs is 1. The van der Waals surface area contributed by atoms with Crippen LogP contribution in [-0.4, -0.2) is 35.6 Å². The van der Waals surface area contributed by atoms with Crippen molar-refractivity contribution in [2.75, 3.05) is 17.7 Å². The van der Waals surface area contributed by atoms with E-state index in [2.05, 4.69) is 10.3 Å². The van der Waals surface area contributed by atoms with E-state index in [4.69, 9.17) is 0 Å². The van der Waals surface area contributed by atoms with Gasteiger partial charge in [0.15, 0.2) is 0 Å². The van der Waals surface area contributed by atoms with E-state index in [0.717, 1.165) is 29.4 Å². The number of para-hydroxylation sites is 2. The minimum Gasteiger partial charge on any atom is -0.349 e. The Morgan fingerprint density at radius 3 is 2.57 bits per heavy atom. The van der Waals surface area contributed by atoms with Gasteiger partial charge in [-0.1, -0.05) is 48.2 Å². The van der Waals surface area contributed by atoms with Crippen LogP contribution in [-0.2, 0) is 4.79 Å². The number of carbonyl (C=O) groups is 2. The van der Waals surface area contributed by atoms with Crippen molar-refractivity contribution in [1.82, 2.24) is 10.3 Å². The smallest absolute Gasteiger partial charge is 0.252 e. The average molecular weight is 391 g/mol. The molecule has 1 heterocycles. The van der Waals surface area contributed by atoms with Crippen LogP contribution in [0.3, 0.4) is 0 Å². The van der Waals surface area contributed by atoms with Gasteiger partial charge in [0.05, 0.1) is 21.9 Å². The van der Waals surface area contributed by atoms with Gasteiger partial charge in [0.1, 0.15) is 0 Å². The van der Waals surface area contributed by atoms with E-state index < -0.39 is 0 Å². The molecule has 3 aromatic rings. The number of benzene rings is 2. The fourth-order valence-corrected chi connectivity index (χ4v) is 3.76. The molecule has 4 rings (SSSR count). The maximum atomic E-state index is 12.7. The number of pyridine rings is 1. The van der Waals surface area contributed by atoms with Gasteiger partial charge in [0.2, 0.25) is 5.91 Å². The molecule has 142 valence electrons. The number of rotatable bonds is 6. The van der Waals surface area contributed by atoms with E-state index in [1.54, 1.807) is 18.0 Å². The molecule has 6 heteroatoms. The van der Waals surface area contributed by atoms with Crippen molar-refractivity contribution in [3.05, 3.63) is 66.2 Å². The SMILES string of the molecule is CN(C(=O)CSc1cc(C(=O)NC2CC2)c2ccccc2n1)c1ccccc1. The summed E-state index contributed by atoms with van der Waals surface area (Å²) in [6.45, 7) is 0. The standard InChI is InChI=1S/C22H21N3O2S/c1-25(16-7-3-2-4-8-16)21(26)14-28-20-13-18(22(27)23-15-11-12-15)17-9-5-6-10-19(17)24-20/h2-10,13,15H,11-12,14H2,1H3,(H,23,27). The van der Waals surface area contributed by atoms with Gasteiger partial charge >= 0.3 is 0 Å². The normalized spacial score (nSPS) is 13.3. The number of nitrogens with zero attached hydrogens (tertiary/aromatic N) is 2. The Morgan fingerprint density at radius 2 is 1.82 bits per heavy atom. The van der Waals surface area contributed by atoms with Crippen LogP contribution < -0.4 is 10.2 Å². The molecule has 0 bridgehead atoms. The minimum atomic E-state index is -0.0734. The van der Waals surface area contributed by atoms with Crippen LogP contribution in [0.5, 0.6) is 0 Å². The van der Waals surface area contributed by atoms with Gasteiger partial charge in [-0.25, -0.2) is 4.98 Å². The zero-order valence-electron chi connectivity index (χ0n) is 15.6. The molecule has 1 aliphatic carbocycles. The summed E-state index contributed by atoms with van der Waals surface area (Å²) in [5.74, 6) is 0.159. The summed E-state index contributed by atoms with van der Waals surface area (Å²) >= 11 is 1.35. The lowest BCUT2D eigenvalue weighted by molar-refractivity contribution is -0.115. The van der Waals surface area contributed by atoms with E-state index in [-0.39, 0.29) is 23.6 Å². The van der Waals surface area contributed by atoms with Crippen LogP contribution in [0.15, 0.2) is 65.7 Å². The summed E-state index contributed by atoms with van der Waals surface area (Å²) < 4.78 is 0. The summed E-state index contributed by atoms with van der Waals surface area (Å²) in [4.78, 5) is 31.5. The Balaban J connectivity index is 1.53. The van der Waals surface area contributed by atoms with E-state index >= 15 is 0 Å². The zero-order chi connectivity index (χ0) is 19.5. The molecule has 1 fully saturated rings. The quantitative estimate of drug-likeness (QED) is 0.648. The number of thioether (sulfide) groups is 1. The van der Waals surface area contributed by atoms with E-state index in [1.807, 2.05) is 54.6 Å².